The van der Waals surface area contributed by atoms with E-state index in [2.05, 4.69) is 0 Å². The van der Waals surface area contributed by atoms with E-state index < -0.39 is 6.04 Å². The van der Waals surface area contributed by atoms with Crippen LogP contribution < -0.4 is 9.47 Å². The van der Waals surface area contributed by atoms with E-state index in [-0.39, 0.29) is 17.7 Å². The number of aliphatic hydroxyl groups is 1. The molecule has 0 saturated heterocycles. The maximum absolute atomic E-state index is 14.0. The van der Waals surface area contributed by atoms with Gasteiger partial charge in [0.1, 0.15) is 17.5 Å². The van der Waals surface area contributed by atoms with Crippen LogP contribution in [0.3, 0.4) is 0 Å². The van der Waals surface area contributed by atoms with E-state index >= 15 is 0 Å². The number of carbonyl (C=O) groups excluding carboxylic acids is 1. The second-order valence-electron chi connectivity index (χ2n) is 9.37. The summed E-state index contributed by atoms with van der Waals surface area (Å²) in [5.74, 6) is 1.65. The average Bonchev–Trinajstić information content (AvgIpc) is 2.90. The minimum atomic E-state index is -0.495. The van der Waals surface area contributed by atoms with Crippen molar-refractivity contribution in [2.24, 2.45) is 5.92 Å². The molecule has 0 fully saturated rings. The van der Waals surface area contributed by atoms with Crippen LogP contribution in [0.25, 0.3) is 0 Å². The normalized spacial score (nSPS) is 16.0. The number of hydrogen-bond acceptors (Lipinski definition) is 5. The molecule has 0 unspecified atom stereocenters. The van der Waals surface area contributed by atoms with Crippen LogP contribution in [0, 0.1) is 5.92 Å². The van der Waals surface area contributed by atoms with Gasteiger partial charge in [0.25, 0.3) is 0 Å². The molecule has 1 amide bonds. The molecule has 0 radical (unpaired) electrons. The molecule has 4 rings (SSSR count). The monoisotopic (exact) mass is 486 g/mol. The van der Waals surface area contributed by atoms with E-state index in [1.54, 1.807) is 19.1 Å². The fourth-order valence-electron chi connectivity index (χ4n) is 4.64. The van der Waals surface area contributed by atoms with Crippen molar-refractivity contribution in [2.45, 2.75) is 39.4 Å². The van der Waals surface area contributed by atoms with Crippen LogP contribution in [-0.4, -0.2) is 41.1 Å². The first-order valence-corrected chi connectivity index (χ1v) is 12.2. The number of benzene rings is 3. The molecule has 6 heteroatoms. The maximum atomic E-state index is 14.0. The summed E-state index contributed by atoms with van der Waals surface area (Å²) < 4.78 is 10.6. The van der Waals surface area contributed by atoms with Gasteiger partial charge in [-0.3, -0.25) is 4.79 Å². The van der Waals surface area contributed by atoms with E-state index in [4.69, 9.17) is 9.47 Å². The number of amides is 1. The lowest BCUT2D eigenvalue weighted by Gasteiger charge is -2.44. The summed E-state index contributed by atoms with van der Waals surface area (Å²) in [5.41, 5.74) is 3.59. The lowest BCUT2D eigenvalue weighted by Crippen LogP contribution is -2.55. The van der Waals surface area contributed by atoms with Gasteiger partial charge in [-0.2, -0.15) is 0 Å². The number of aliphatic hydroxyl groups excluding tert-OH is 1. The Kier molecular flexibility index (Phi) is 7.84. The van der Waals surface area contributed by atoms with Crippen LogP contribution in [-0.2, 0) is 24.3 Å². The number of rotatable bonds is 9. The first kappa shape index (κ1) is 25.2. The molecule has 0 saturated carbocycles. The third-order valence-electron chi connectivity index (χ3n) is 6.57. The molecule has 0 spiro atoms. The number of hydrogen-bond donors (Lipinski definition) is 1. The molecule has 1 N–H and O–H groups in total. The van der Waals surface area contributed by atoms with Gasteiger partial charge < -0.3 is 24.4 Å². The molecule has 3 aromatic carbocycles. The van der Waals surface area contributed by atoms with E-state index in [0.717, 1.165) is 28.2 Å². The molecule has 1 aliphatic rings. The summed E-state index contributed by atoms with van der Waals surface area (Å²) in [5, 5.41) is 11.7. The lowest BCUT2D eigenvalue weighted by atomic mass is 9.95. The van der Waals surface area contributed by atoms with Crippen LogP contribution in [0.5, 0.6) is 11.5 Å². The molecule has 0 aromatic heterocycles. The van der Waals surface area contributed by atoms with Crippen molar-refractivity contribution < 1.29 is 19.4 Å². The Morgan fingerprint density at radius 3 is 1.81 bits per heavy atom. The Balaban J connectivity index is 1.74. The quantitative estimate of drug-likeness (QED) is 0.430. The number of allylic oxidation sites excluding steroid dienone is 1. The minimum absolute atomic E-state index is 0.00505. The van der Waals surface area contributed by atoms with Crippen LogP contribution in [0.15, 0.2) is 90.4 Å². The molecule has 1 heterocycles. The standard InChI is InChI=1S/C30H34N2O4/c1-21(2)28-30(34)31(19-23-10-14-25(35-3)15-11-23)27(18-22-8-6-5-7-9-22)29(33)32(28)20-24-12-16-26(36-4)17-13-24/h5-17,21,28,33H,18-20H2,1-4H3/t28-/m0/s1. The zero-order chi connectivity index (χ0) is 25.7. The van der Waals surface area contributed by atoms with Crippen molar-refractivity contribution in [2.75, 3.05) is 14.2 Å². The second-order valence-corrected chi connectivity index (χ2v) is 9.37. The van der Waals surface area contributed by atoms with Crippen LogP contribution >= 0.6 is 0 Å². The van der Waals surface area contributed by atoms with Crippen LogP contribution in [0.4, 0.5) is 0 Å². The summed E-state index contributed by atoms with van der Waals surface area (Å²) >= 11 is 0. The summed E-state index contributed by atoms with van der Waals surface area (Å²) in [7, 11) is 3.27. The van der Waals surface area contributed by atoms with Gasteiger partial charge in [-0.25, -0.2) is 0 Å². The van der Waals surface area contributed by atoms with Crippen LogP contribution in [0.2, 0.25) is 0 Å². The van der Waals surface area contributed by atoms with Crippen molar-refractivity contribution in [1.82, 2.24) is 9.80 Å². The first-order chi connectivity index (χ1) is 17.4. The number of ether oxygens (including phenoxy) is 2. The highest BCUT2D eigenvalue weighted by Gasteiger charge is 2.41. The maximum Gasteiger partial charge on any atom is 0.250 e. The minimum Gasteiger partial charge on any atom is -0.497 e. The summed E-state index contributed by atoms with van der Waals surface area (Å²) in [6.45, 7) is 4.82. The van der Waals surface area contributed by atoms with E-state index in [0.29, 0.717) is 25.2 Å². The highest BCUT2D eigenvalue weighted by Crippen LogP contribution is 2.33. The van der Waals surface area contributed by atoms with Crippen molar-refractivity contribution in [1.29, 1.82) is 0 Å². The van der Waals surface area contributed by atoms with Gasteiger partial charge in [0.15, 0.2) is 0 Å². The topological polar surface area (TPSA) is 62.2 Å². The molecule has 6 nitrogen and oxygen atoms in total. The first-order valence-electron chi connectivity index (χ1n) is 12.2. The molecule has 0 aliphatic carbocycles. The zero-order valence-corrected chi connectivity index (χ0v) is 21.3. The summed E-state index contributed by atoms with van der Waals surface area (Å²) in [6.07, 6.45) is 0.443. The van der Waals surface area contributed by atoms with Gasteiger partial charge in [0, 0.05) is 13.0 Å². The van der Waals surface area contributed by atoms with E-state index in [9.17, 15) is 9.90 Å². The van der Waals surface area contributed by atoms with Gasteiger partial charge in [0.05, 0.1) is 26.5 Å². The number of carbonyl (C=O) groups is 1. The molecule has 3 aromatic rings. The summed E-state index contributed by atoms with van der Waals surface area (Å²) in [4.78, 5) is 17.6. The van der Waals surface area contributed by atoms with Gasteiger partial charge in [-0.15, -0.1) is 0 Å². The Labute approximate surface area is 213 Å². The molecular weight excluding hydrogens is 452 g/mol. The fraction of sp³-hybridized carbons (Fsp3) is 0.300. The lowest BCUT2D eigenvalue weighted by molar-refractivity contribution is -0.141. The number of methoxy groups -OCH3 is 2. The van der Waals surface area contributed by atoms with Gasteiger partial charge in [-0.1, -0.05) is 68.4 Å². The van der Waals surface area contributed by atoms with Gasteiger partial charge in [0.2, 0.25) is 11.8 Å². The smallest absolute Gasteiger partial charge is 0.250 e. The largest absolute Gasteiger partial charge is 0.497 e. The van der Waals surface area contributed by atoms with Gasteiger partial charge >= 0.3 is 0 Å². The molecule has 188 valence electrons. The summed E-state index contributed by atoms with van der Waals surface area (Å²) in [6, 6.07) is 24.8. The highest BCUT2D eigenvalue weighted by atomic mass is 16.5. The molecule has 0 bridgehead atoms. The van der Waals surface area contributed by atoms with Crippen LogP contribution in [0.1, 0.15) is 30.5 Å². The Morgan fingerprint density at radius 2 is 1.31 bits per heavy atom. The van der Waals surface area contributed by atoms with Crippen molar-refractivity contribution in [3.05, 3.63) is 107 Å². The predicted molar refractivity (Wildman–Crippen MR) is 141 cm³/mol. The van der Waals surface area contributed by atoms with Gasteiger partial charge in [-0.05, 0) is 46.9 Å². The molecule has 1 atom stereocenters. The Bertz CT molecular complexity index is 1190. The predicted octanol–water partition coefficient (Wildman–Crippen LogP) is 5.54. The Morgan fingerprint density at radius 1 is 0.778 bits per heavy atom. The Hall–Kier alpha value is -3.93. The van der Waals surface area contributed by atoms with E-state index in [1.165, 1.54) is 0 Å². The van der Waals surface area contributed by atoms with Crippen molar-refractivity contribution in [3.63, 3.8) is 0 Å². The molecular formula is C30H34N2O4. The molecule has 1 aliphatic heterocycles. The SMILES string of the molecule is COc1ccc(CN2C(=O)[C@H](C(C)C)N(Cc3ccc(OC)cc3)C(O)=C2Cc2ccccc2)cc1. The average molecular weight is 487 g/mol. The molecule has 36 heavy (non-hydrogen) atoms. The number of nitrogens with zero attached hydrogens (tertiary/aromatic N) is 2. The zero-order valence-electron chi connectivity index (χ0n) is 21.3. The van der Waals surface area contributed by atoms with E-state index in [1.807, 2.05) is 97.6 Å². The third-order valence-corrected chi connectivity index (χ3v) is 6.57. The second kappa shape index (κ2) is 11.2. The van der Waals surface area contributed by atoms with Crippen molar-refractivity contribution in [3.8, 4) is 11.5 Å². The third kappa shape index (κ3) is 5.48. The fourth-order valence-corrected chi connectivity index (χ4v) is 4.64. The van der Waals surface area contributed by atoms with Crippen molar-refractivity contribution >= 4 is 5.91 Å². The highest BCUT2D eigenvalue weighted by molar-refractivity contribution is 5.85.